The number of carbonyl (C=O) groups is 1. The summed E-state index contributed by atoms with van der Waals surface area (Å²) in [4.78, 5) is 16.1. The van der Waals surface area contributed by atoms with Crippen LogP contribution in [0.15, 0.2) is 46.0 Å². The van der Waals surface area contributed by atoms with Gasteiger partial charge in [-0.15, -0.1) is 11.3 Å². The molecule has 1 aromatic carbocycles. The Kier molecular flexibility index (Phi) is 5.54. The van der Waals surface area contributed by atoms with Gasteiger partial charge in [0.15, 0.2) is 5.13 Å². The van der Waals surface area contributed by atoms with Gasteiger partial charge in [-0.2, -0.15) is 0 Å². The standard InChI is InChI=1S/C17H15ClN2O5S2/c1-10-13(18)3-2-4-14(10)27(23,24)20-17-19-9-12(26-17)6-5-11-7-8-25-15(11)16(21)22/h2-4,7-9H,5-6H2,1H3,(H,19,20)(H,21,22). The summed E-state index contributed by atoms with van der Waals surface area (Å²) >= 11 is 7.19. The van der Waals surface area contributed by atoms with Gasteiger partial charge in [0.2, 0.25) is 5.76 Å². The molecule has 0 bridgehead atoms. The molecule has 0 fully saturated rings. The van der Waals surface area contributed by atoms with E-state index in [2.05, 4.69) is 9.71 Å². The average Bonchev–Trinajstić information content (AvgIpc) is 3.24. The molecule has 0 aliphatic carbocycles. The predicted molar refractivity (Wildman–Crippen MR) is 102 cm³/mol. The summed E-state index contributed by atoms with van der Waals surface area (Å²) in [6, 6.07) is 6.28. The Bertz CT molecular complexity index is 1090. The van der Waals surface area contributed by atoms with Crippen molar-refractivity contribution < 1.29 is 22.7 Å². The molecule has 10 heteroatoms. The highest BCUT2D eigenvalue weighted by Crippen LogP contribution is 2.27. The minimum absolute atomic E-state index is 0.0862. The van der Waals surface area contributed by atoms with Gasteiger partial charge in [-0.3, -0.25) is 4.72 Å². The van der Waals surface area contributed by atoms with Crippen molar-refractivity contribution in [2.45, 2.75) is 24.7 Å². The van der Waals surface area contributed by atoms with E-state index in [1.807, 2.05) is 0 Å². The minimum Gasteiger partial charge on any atom is -0.475 e. The van der Waals surface area contributed by atoms with Gasteiger partial charge in [0.25, 0.3) is 10.0 Å². The number of halogens is 1. The first-order valence-electron chi connectivity index (χ1n) is 7.80. The maximum absolute atomic E-state index is 12.6. The number of hydrogen-bond donors (Lipinski definition) is 2. The number of nitrogens with zero attached hydrogens (tertiary/aromatic N) is 1. The number of nitrogens with one attached hydrogen (secondary N) is 1. The van der Waals surface area contributed by atoms with Crippen molar-refractivity contribution >= 4 is 44.1 Å². The number of thiazole rings is 1. The maximum atomic E-state index is 12.6. The highest BCUT2D eigenvalue weighted by molar-refractivity contribution is 7.93. The zero-order chi connectivity index (χ0) is 19.6. The third-order valence-electron chi connectivity index (χ3n) is 3.86. The number of sulfonamides is 1. The van der Waals surface area contributed by atoms with Crippen molar-refractivity contribution in [1.82, 2.24) is 4.98 Å². The van der Waals surface area contributed by atoms with Gasteiger partial charge >= 0.3 is 5.97 Å². The molecule has 0 atom stereocenters. The van der Waals surface area contributed by atoms with Crippen LogP contribution in [-0.2, 0) is 22.9 Å². The van der Waals surface area contributed by atoms with Crippen molar-refractivity contribution in [1.29, 1.82) is 0 Å². The van der Waals surface area contributed by atoms with Gasteiger partial charge < -0.3 is 9.52 Å². The zero-order valence-electron chi connectivity index (χ0n) is 14.1. The number of hydrogen-bond acceptors (Lipinski definition) is 6. The molecule has 3 rings (SSSR count). The van der Waals surface area contributed by atoms with E-state index in [4.69, 9.17) is 21.1 Å². The van der Waals surface area contributed by atoms with E-state index in [0.717, 1.165) is 4.88 Å². The summed E-state index contributed by atoms with van der Waals surface area (Å²) in [5.41, 5.74) is 1.04. The molecule has 2 N–H and O–H groups in total. The lowest BCUT2D eigenvalue weighted by atomic mass is 10.1. The number of aryl methyl sites for hydroxylation is 2. The van der Waals surface area contributed by atoms with Crippen LogP contribution in [0.4, 0.5) is 5.13 Å². The lowest BCUT2D eigenvalue weighted by Crippen LogP contribution is -2.14. The van der Waals surface area contributed by atoms with E-state index >= 15 is 0 Å². The number of carboxylic acid groups (broad SMARTS) is 1. The van der Waals surface area contributed by atoms with E-state index in [1.165, 1.54) is 23.7 Å². The van der Waals surface area contributed by atoms with Crippen LogP contribution in [0, 0.1) is 6.92 Å². The first kappa shape index (κ1) is 19.4. The number of carboxylic acids is 1. The molecular weight excluding hydrogens is 412 g/mol. The zero-order valence-corrected chi connectivity index (χ0v) is 16.5. The van der Waals surface area contributed by atoms with Crippen LogP contribution in [0.5, 0.6) is 0 Å². The molecule has 0 saturated carbocycles. The number of aromatic carboxylic acids is 1. The van der Waals surface area contributed by atoms with Gasteiger partial charge in [-0.05, 0) is 43.5 Å². The molecule has 0 aliphatic rings. The number of furan rings is 1. The molecule has 0 amide bonds. The number of rotatable bonds is 7. The number of anilines is 1. The molecule has 0 radical (unpaired) electrons. The second kappa shape index (κ2) is 7.71. The van der Waals surface area contributed by atoms with Gasteiger partial charge in [-0.1, -0.05) is 17.7 Å². The van der Waals surface area contributed by atoms with Crippen molar-refractivity contribution in [2.75, 3.05) is 4.72 Å². The van der Waals surface area contributed by atoms with Gasteiger partial charge in [0.05, 0.1) is 11.2 Å². The van der Waals surface area contributed by atoms with Gasteiger partial charge in [-0.25, -0.2) is 18.2 Å². The van der Waals surface area contributed by atoms with Gasteiger partial charge in [0.1, 0.15) is 0 Å². The molecule has 7 nitrogen and oxygen atoms in total. The Morgan fingerprint density at radius 2 is 2.11 bits per heavy atom. The molecule has 0 aliphatic heterocycles. The highest BCUT2D eigenvalue weighted by atomic mass is 35.5. The normalized spacial score (nSPS) is 11.5. The van der Waals surface area contributed by atoms with Crippen LogP contribution in [0.25, 0.3) is 0 Å². The fourth-order valence-electron chi connectivity index (χ4n) is 2.50. The first-order chi connectivity index (χ1) is 12.8. The van der Waals surface area contributed by atoms with E-state index in [9.17, 15) is 13.2 Å². The van der Waals surface area contributed by atoms with Crippen LogP contribution < -0.4 is 4.72 Å². The fraction of sp³-hybridized carbons (Fsp3) is 0.176. The Balaban J connectivity index is 1.71. The number of benzene rings is 1. The second-order valence-corrected chi connectivity index (χ2v) is 8.85. The maximum Gasteiger partial charge on any atom is 0.372 e. The van der Waals surface area contributed by atoms with E-state index in [-0.39, 0.29) is 15.8 Å². The third kappa shape index (κ3) is 4.32. The Morgan fingerprint density at radius 3 is 2.85 bits per heavy atom. The fourth-order valence-corrected chi connectivity index (χ4v) is 5.05. The van der Waals surface area contributed by atoms with Crippen LogP contribution in [0.2, 0.25) is 5.02 Å². The highest BCUT2D eigenvalue weighted by Gasteiger charge is 2.20. The first-order valence-corrected chi connectivity index (χ1v) is 10.5. The predicted octanol–water partition coefficient (Wildman–Crippen LogP) is 3.98. The molecule has 2 heterocycles. The summed E-state index contributed by atoms with van der Waals surface area (Å²) < 4.78 is 32.5. The van der Waals surface area contributed by atoms with E-state index in [1.54, 1.807) is 31.3 Å². The lowest BCUT2D eigenvalue weighted by molar-refractivity contribution is 0.0660. The summed E-state index contributed by atoms with van der Waals surface area (Å²) in [6.07, 6.45) is 3.85. The molecule has 2 aromatic heterocycles. The summed E-state index contributed by atoms with van der Waals surface area (Å²) in [5.74, 6) is -1.21. The summed E-state index contributed by atoms with van der Waals surface area (Å²) in [6.45, 7) is 1.63. The topological polar surface area (TPSA) is 110 Å². The smallest absolute Gasteiger partial charge is 0.372 e. The minimum atomic E-state index is -3.81. The summed E-state index contributed by atoms with van der Waals surface area (Å²) in [7, 11) is -3.81. The van der Waals surface area contributed by atoms with Crippen molar-refractivity contribution in [3.8, 4) is 0 Å². The molecule has 0 unspecified atom stereocenters. The molecular formula is C17H15ClN2O5S2. The van der Waals surface area contributed by atoms with Crippen LogP contribution >= 0.6 is 22.9 Å². The molecule has 27 heavy (non-hydrogen) atoms. The Hall–Kier alpha value is -2.36. The molecule has 0 saturated heterocycles. The van der Waals surface area contributed by atoms with Crippen molar-refractivity contribution in [2.24, 2.45) is 0 Å². The largest absolute Gasteiger partial charge is 0.475 e. The molecule has 142 valence electrons. The van der Waals surface area contributed by atoms with Gasteiger partial charge in [0, 0.05) is 21.7 Å². The van der Waals surface area contributed by atoms with Crippen molar-refractivity contribution in [3.05, 3.63) is 63.5 Å². The lowest BCUT2D eigenvalue weighted by Gasteiger charge is -2.09. The summed E-state index contributed by atoms with van der Waals surface area (Å²) in [5, 5.41) is 9.64. The van der Waals surface area contributed by atoms with E-state index < -0.39 is 16.0 Å². The average molecular weight is 427 g/mol. The quantitative estimate of drug-likeness (QED) is 0.591. The van der Waals surface area contributed by atoms with Crippen LogP contribution in [0.1, 0.15) is 26.6 Å². The third-order valence-corrected chi connectivity index (χ3v) is 6.86. The monoisotopic (exact) mass is 426 g/mol. The number of aromatic nitrogens is 1. The Labute approximate surface area is 164 Å². The molecule has 0 spiro atoms. The van der Waals surface area contributed by atoms with Crippen molar-refractivity contribution in [3.63, 3.8) is 0 Å². The Morgan fingerprint density at radius 1 is 1.33 bits per heavy atom. The van der Waals surface area contributed by atoms with Crippen LogP contribution in [0.3, 0.4) is 0 Å². The SMILES string of the molecule is Cc1c(Cl)cccc1S(=O)(=O)Nc1ncc(CCc2ccoc2C(=O)O)s1. The second-order valence-electron chi connectivity index (χ2n) is 5.68. The van der Waals surface area contributed by atoms with E-state index in [0.29, 0.717) is 29.0 Å². The van der Waals surface area contributed by atoms with Crippen LogP contribution in [-0.4, -0.2) is 24.5 Å². The molecule has 3 aromatic rings.